The van der Waals surface area contributed by atoms with Gasteiger partial charge in [-0.25, -0.2) is 0 Å². The summed E-state index contributed by atoms with van der Waals surface area (Å²) in [5.41, 5.74) is 4.30. The molecule has 0 radical (unpaired) electrons. The molecule has 1 N–H and O–H groups in total. The summed E-state index contributed by atoms with van der Waals surface area (Å²) in [6.45, 7) is 7.81. The summed E-state index contributed by atoms with van der Waals surface area (Å²) in [6, 6.07) is 7.76. The zero-order valence-electron chi connectivity index (χ0n) is 14.3. The number of benzene rings is 1. The highest BCUT2D eigenvalue weighted by Gasteiger charge is 2.22. The van der Waals surface area contributed by atoms with Crippen LogP contribution in [0, 0.1) is 0 Å². The lowest BCUT2D eigenvalue weighted by Gasteiger charge is -2.37. The molecule has 1 aliphatic heterocycles. The van der Waals surface area contributed by atoms with Crippen molar-refractivity contribution in [1.82, 2.24) is 10.2 Å². The molecule has 0 aromatic heterocycles. The van der Waals surface area contributed by atoms with E-state index in [-0.39, 0.29) is 0 Å². The van der Waals surface area contributed by atoms with Crippen molar-refractivity contribution < 1.29 is 0 Å². The summed E-state index contributed by atoms with van der Waals surface area (Å²) < 4.78 is 0. The number of nitrogens with zero attached hydrogens (tertiary/aromatic N) is 2. The van der Waals surface area contributed by atoms with Gasteiger partial charge in [0.2, 0.25) is 0 Å². The van der Waals surface area contributed by atoms with E-state index in [0.29, 0.717) is 5.92 Å². The molecule has 1 heterocycles. The van der Waals surface area contributed by atoms with Gasteiger partial charge in [-0.3, -0.25) is 0 Å². The van der Waals surface area contributed by atoms with Crippen molar-refractivity contribution >= 4 is 5.69 Å². The van der Waals surface area contributed by atoms with E-state index >= 15 is 0 Å². The Balaban J connectivity index is 2.15. The van der Waals surface area contributed by atoms with Gasteiger partial charge in [0.1, 0.15) is 0 Å². The molecule has 118 valence electrons. The molecule has 1 aromatic carbocycles. The average molecular weight is 289 g/mol. The van der Waals surface area contributed by atoms with E-state index in [1.807, 2.05) is 7.05 Å². The van der Waals surface area contributed by atoms with Crippen LogP contribution in [0.1, 0.15) is 43.7 Å². The van der Waals surface area contributed by atoms with Crippen molar-refractivity contribution in [3.8, 4) is 0 Å². The van der Waals surface area contributed by atoms with Crippen LogP contribution in [0.4, 0.5) is 5.69 Å². The maximum Gasteiger partial charge on any atom is 0.0412 e. The number of piperidine rings is 1. The molecule has 0 aliphatic carbocycles. The van der Waals surface area contributed by atoms with E-state index in [1.165, 1.54) is 42.7 Å². The Hall–Kier alpha value is -1.06. The van der Waals surface area contributed by atoms with Crippen LogP contribution >= 0.6 is 0 Å². The number of nitrogens with one attached hydrogen (secondary N) is 1. The van der Waals surface area contributed by atoms with Gasteiger partial charge in [0.15, 0.2) is 0 Å². The second kappa shape index (κ2) is 7.28. The Labute approximate surface area is 130 Å². The van der Waals surface area contributed by atoms with Gasteiger partial charge < -0.3 is 15.1 Å². The minimum Gasteiger partial charge on any atom is -0.371 e. The second-order valence-electron chi connectivity index (χ2n) is 6.76. The molecule has 3 heteroatoms. The molecular formula is C18H31N3. The first kappa shape index (κ1) is 16.3. The van der Waals surface area contributed by atoms with Gasteiger partial charge in [-0.15, -0.1) is 0 Å². The molecule has 2 rings (SSSR count). The molecule has 0 unspecified atom stereocenters. The summed E-state index contributed by atoms with van der Waals surface area (Å²) in [6.07, 6.45) is 2.52. The highest BCUT2D eigenvalue weighted by Crippen LogP contribution is 2.28. The Morgan fingerprint density at radius 1 is 1.24 bits per heavy atom. The van der Waals surface area contributed by atoms with Gasteiger partial charge in [0, 0.05) is 31.4 Å². The largest absolute Gasteiger partial charge is 0.371 e. The molecular weight excluding hydrogens is 258 g/mol. The van der Waals surface area contributed by atoms with Crippen molar-refractivity contribution in [2.24, 2.45) is 0 Å². The zero-order valence-corrected chi connectivity index (χ0v) is 14.3. The number of rotatable bonds is 5. The van der Waals surface area contributed by atoms with Crippen LogP contribution in [0.2, 0.25) is 0 Å². The summed E-state index contributed by atoms with van der Waals surface area (Å²) in [7, 11) is 6.43. The highest BCUT2D eigenvalue weighted by atomic mass is 15.2. The molecule has 3 nitrogen and oxygen atoms in total. The van der Waals surface area contributed by atoms with Gasteiger partial charge in [0.05, 0.1) is 0 Å². The van der Waals surface area contributed by atoms with E-state index in [1.54, 1.807) is 0 Å². The Morgan fingerprint density at radius 2 is 1.90 bits per heavy atom. The predicted octanol–water partition coefficient (Wildman–Crippen LogP) is 3.06. The quantitative estimate of drug-likeness (QED) is 0.899. The van der Waals surface area contributed by atoms with E-state index in [2.05, 4.69) is 61.3 Å². The number of anilines is 1. The van der Waals surface area contributed by atoms with Gasteiger partial charge >= 0.3 is 0 Å². The summed E-state index contributed by atoms with van der Waals surface area (Å²) in [5.74, 6) is 0.592. The zero-order chi connectivity index (χ0) is 15.4. The third-order valence-corrected chi connectivity index (χ3v) is 4.67. The fraction of sp³-hybridized carbons (Fsp3) is 0.667. The molecule has 0 amide bonds. The van der Waals surface area contributed by atoms with Gasteiger partial charge in [-0.2, -0.15) is 0 Å². The topological polar surface area (TPSA) is 18.5 Å². The van der Waals surface area contributed by atoms with Crippen molar-refractivity contribution in [3.05, 3.63) is 29.3 Å². The molecule has 0 bridgehead atoms. The average Bonchev–Trinajstić information content (AvgIpc) is 2.47. The predicted molar refractivity (Wildman–Crippen MR) is 92.2 cm³/mol. The Morgan fingerprint density at radius 3 is 2.43 bits per heavy atom. The smallest absolute Gasteiger partial charge is 0.0412 e. The normalized spacial score (nSPS) is 17.0. The van der Waals surface area contributed by atoms with E-state index < -0.39 is 0 Å². The molecule has 1 aromatic rings. The molecule has 21 heavy (non-hydrogen) atoms. The fourth-order valence-electron chi connectivity index (χ4n) is 3.23. The lowest BCUT2D eigenvalue weighted by molar-refractivity contribution is 0.249. The van der Waals surface area contributed by atoms with E-state index in [0.717, 1.165) is 12.6 Å². The van der Waals surface area contributed by atoms with Crippen LogP contribution in [0.5, 0.6) is 0 Å². The molecule has 0 atom stereocenters. The monoisotopic (exact) mass is 289 g/mol. The van der Waals surface area contributed by atoms with Crippen LogP contribution in [-0.4, -0.2) is 45.2 Å². The molecule has 1 fully saturated rings. The van der Waals surface area contributed by atoms with Crippen LogP contribution < -0.4 is 10.2 Å². The third-order valence-electron chi connectivity index (χ3n) is 4.67. The van der Waals surface area contributed by atoms with Crippen LogP contribution in [0.25, 0.3) is 0 Å². The van der Waals surface area contributed by atoms with Crippen molar-refractivity contribution in [1.29, 1.82) is 0 Å². The molecule has 1 aliphatic rings. The lowest BCUT2D eigenvalue weighted by atomic mass is 9.97. The first-order chi connectivity index (χ1) is 10.0. The fourth-order valence-corrected chi connectivity index (χ4v) is 3.23. The van der Waals surface area contributed by atoms with Gasteiger partial charge in [-0.05, 0) is 57.1 Å². The number of hydrogen-bond donors (Lipinski definition) is 1. The van der Waals surface area contributed by atoms with Crippen LogP contribution in [0.15, 0.2) is 18.2 Å². The van der Waals surface area contributed by atoms with Crippen molar-refractivity contribution in [3.63, 3.8) is 0 Å². The minimum atomic E-state index is 0.592. The lowest BCUT2D eigenvalue weighted by Crippen LogP contribution is -2.42. The standard InChI is InChI=1S/C18H31N3/c1-14(2)15-6-7-18(16(12-15)13-19-3)21-10-8-17(9-11-21)20(4)5/h6-7,12,14,17,19H,8-11,13H2,1-5H3. The second-order valence-corrected chi connectivity index (χ2v) is 6.76. The first-order valence-corrected chi connectivity index (χ1v) is 8.21. The van der Waals surface area contributed by atoms with Gasteiger partial charge in [-0.1, -0.05) is 26.0 Å². The summed E-state index contributed by atoms with van der Waals surface area (Å²) in [4.78, 5) is 4.94. The molecule has 0 spiro atoms. The highest BCUT2D eigenvalue weighted by molar-refractivity contribution is 5.56. The number of hydrogen-bond acceptors (Lipinski definition) is 3. The molecule has 0 saturated carbocycles. The first-order valence-electron chi connectivity index (χ1n) is 8.21. The van der Waals surface area contributed by atoms with Crippen LogP contribution in [0.3, 0.4) is 0 Å². The SMILES string of the molecule is CNCc1cc(C(C)C)ccc1N1CCC(N(C)C)CC1. The minimum absolute atomic E-state index is 0.592. The summed E-state index contributed by atoms with van der Waals surface area (Å²) in [5, 5.41) is 3.32. The van der Waals surface area contributed by atoms with Crippen molar-refractivity contribution in [2.45, 2.75) is 45.2 Å². The molecule has 1 saturated heterocycles. The van der Waals surface area contributed by atoms with E-state index in [9.17, 15) is 0 Å². The Bertz CT molecular complexity index is 446. The third kappa shape index (κ3) is 3.98. The van der Waals surface area contributed by atoms with E-state index in [4.69, 9.17) is 0 Å². The van der Waals surface area contributed by atoms with Gasteiger partial charge in [0.25, 0.3) is 0 Å². The maximum absolute atomic E-state index is 3.32. The summed E-state index contributed by atoms with van der Waals surface area (Å²) >= 11 is 0. The van der Waals surface area contributed by atoms with Crippen molar-refractivity contribution in [2.75, 3.05) is 39.1 Å². The Kier molecular flexibility index (Phi) is 5.65. The maximum atomic E-state index is 3.32. The van der Waals surface area contributed by atoms with Crippen LogP contribution in [-0.2, 0) is 6.54 Å².